The Morgan fingerprint density at radius 1 is 0.260 bits per heavy atom. The fourth-order valence-corrected chi connectivity index (χ4v) is 14.5. The summed E-state index contributed by atoms with van der Waals surface area (Å²) in [6.07, 6.45) is 17.5. The predicted octanol–water partition coefficient (Wildman–Crippen LogP) is 15.5. The van der Waals surface area contributed by atoms with Crippen LogP contribution in [0.15, 0.2) is 342 Å². The lowest BCUT2D eigenvalue weighted by Crippen LogP contribution is -2.21. The number of rotatable bonds is 20. The molecule has 0 aliphatic carbocycles. The number of hydrogen-bond acceptors (Lipinski definition) is 16. The van der Waals surface area contributed by atoms with Gasteiger partial charge in [-0.3, -0.25) is 75.2 Å². The van der Waals surface area contributed by atoms with Gasteiger partial charge in [-0.15, -0.1) is 0 Å². The summed E-state index contributed by atoms with van der Waals surface area (Å²) < 4.78 is 57.4. The maximum Gasteiger partial charge on any atom is 0.264 e. The highest BCUT2D eigenvalue weighted by Crippen LogP contribution is 2.23. The van der Waals surface area contributed by atoms with Crippen molar-refractivity contribution in [3.63, 3.8) is 0 Å². The molecule has 0 N–H and O–H groups in total. The Morgan fingerprint density at radius 3 is 0.913 bits per heavy atom. The van der Waals surface area contributed by atoms with E-state index in [0.29, 0.717) is 118 Å². The molecule has 0 saturated carbocycles. The Balaban J connectivity index is 0.000000117. The topological polar surface area (TPSA) is 276 Å². The Labute approximate surface area is 735 Å². The van der Waals surface area contributed by atoms with Gasteiger partial charge in [0.2, 0.25) is 0 Å². The molecule has 11 aromatic heterocycles. The maximum atomic E-state index is 14.0. The van der Waals surface area contributed by atoms with Gasteiger partial charge in [0.1, 0.15) is 76.0 Å². The summed E-state index contributed by atoms with van der Waals surface area (Å²) in [5, 5.41) is 25.6. The van der Waals surface area contributed by atoms with Gasteiger partial charge in [0.15, 0.2) is 28.2 Å². The number of hydrogen-bond donors (Lipinski definition) is 0. The van der Waals surface area contributed by atoms with Gasteiger partial charge < -0.3 is 0 Å². The average Bonchev–Trinajstić information content (AvgIpc) is 1.71. The first-order valence-corrected chi connectivity index (χ1v) is 41.0. The predicted molar refractivity (Wildman–Crippen MR) is 482 cm³/mol. The van der Waals surface area contributed by atoms with E-state index in [-0.39, 0.29) is 51.5 Å². The van der Waals surface area contributed by atoms with Crippen molar-refractivity contribution in [2.24, 2.45) is 0 Å². The molecule has 0 radical (unpaired) electrons. The molecule has 32 heteroatoms. The van der Waals surface area contributed by atoms with Crippen LogP contribution < -0.4 is 27.8 Å². The molecule has 11 heterocycles. The molecule has 0 aliphatic heterocycles. The van der Waals surface area contributed by atoms with Gasteiger partial charge >= 0.3 is 0 Å². The van der Waals surface area contributed by atoms with Crippen molar-refractivity contribution >= 4 is 90.0 Å². The largest absolute Gasteiger partial charge is 0.294 e. The van der Waals surface area contributed by atoms with Gasteiger partial charge in [-0.1, -0.05) is 241 Å². The van der Waals surface area contributed by atoms with Gasteiger partial charge in [-0.2, -0.15) is 25.5 Å². The highest BCUT2D eigenvalue weighted by Gasteiger charge is 2.19. The van der Waals surface area contributed by atoms with Crippen molar-refractivity contribution in [2.45, 2.75) is 72.4 Å². The number of nitrogens with zero attached hydrogens (tertiary/aromatic N) is 21. The van der Waals surface area contributed by atoms with Crippen LogP contribution in [0.5, 0.6) is 0 Å². The van der Waals surface area contributed by atoms with E-state index in [9.17, 15) is 37.1 Å². The molecule has 0 aliphatic rings. The molecule has 632 valence electrons. The molecular formula is C95H75Cl3F3N21O5. The summed E-state index contributed by atoms with van der Waals surface area (Å²) in [6, 6.07) is 76.3. The third-order valence-corrected chi connectivity index (χ3v) is 21.5. The molecule has 0 bridgehead atoms. The fraction of sp³-hybridized carbons (Fsp3) is 0.116. The lowest BCUT2D eigenvalue weighted by molar-refractivity contribution is 0.541. The van der Waals surface area contributed by atoms with E-state index >= 15 is 0 Å². The number of aryl methyl sites for hydroxylation is 1. The molecule has 26 nitrogen and oxygen atoms in total. The van der Waals surface area contributed by atoms with Crippen LogP contribution in [-0.2, 0) is 65.4 Å². The van der Waals surface area contributed by atoms with E-state index in [1.54, 1.807) is 88.2 Å². The number of benzene rings is 9. The van der Waals surface area contributed by atoms with Crippen molar-refractivity contribution < 1.29 is 13.2 Å². The van der Waals surface area contributed by atoms with Gasteiger partial charge in [-0.25, -0.2) is 38.1 Å². The highest BCUT2D eigenvalue weighted by atomic mass is 35.5. The quantitative estimate of drug-likeness (QED) is 0.0685. The molecule has 0 amide bonds. The molecule has 20 rings (SSSR count). The van der Waals surface area contributed by atoms with Crippen LogP contribution in [-0.4, -0.2) is 102 Å². The standard InChI is InChI=1S/C20H18N4O.C19H14Cl2N4O.C19H14ClFN4O.C19H14F2N4O.C18H15N5O/c1-15-7-9-17(10-8-15)11-23-14-21-19-18(20(23)25)13-24(22-19)12-16-5-3-2-4-6-16;20-16-7-3-1-5-13(16)9-24-12-22-18-15(19(24)26)11-25(23-18)10-14-6-2-4-8-17(14)21;2*20-16-7-4-8-17(21)14(16)10-24-12-22-18-15(19(24)26)11-25(23-18)9-13-5-2-1-3-6-13;24-18-16-12-23(10-14-6-2-1-3-7-14)21-17(16)20-13-22(18)11-15-8-4-5-9-19-15/h2-10,13-14H,11-12H2,1H3;3*1-8,11-12H,9-10H2;1-9,12-13H,10-11H2. The normalized spacial score (nSPS) is 11.1. The third kappa shape index (κ3) is 20.9. The van der Waals surface area contributed by atoms with Gasteiger partial charge in [-0.05, 0) is 94.4 Å². The van der Waals surface area contributed by atoms with Gasteiger partial charge in [0, 0.05) is 63.4 Å². The summed E-state index contributed by atoms with van der Waals surface area (Å²) >= 11 is 18.4. The van der Waals surface area contributed by atoms with Crippen LogP contribution >= 0.6 is 34.8 Å². The first-order valence-electron chi connectivity index (χ1n) is 39.9. The number of pyridine rings is 1. The van der Waals surface area contributed by atoms with Crippen molar-refractivity contribution in [3.8, 4) is 0 Å². The van der Waals surface area contributed by atoms with E-state index in [0.717, 1.165) is 56.8 Å². The molecule has 0 saturated heterocycles. The Kier molecular flexibility index (Phi) is 26.4. The zero-order valence-electron chi connectivity index (χ0n) is 67.8. The number of halogens is 6. The summed E-state index contributed by atoms with van der Waals surface area (Å²) in [5.74, 6) is -1.85. The zero-order valence-corrected chi connectivity index (χ0v) is 70.1. The van der Waals surface area contributed by atoms with Crippen molar-refractivity contribution in [2.75, 3.05) is 0 Å². The second-order valence-corrected chi connectivity index (χ2v) is 30.8. The fourth-order valence-electron chi connectivity index (χ4n) is 13.9. The third-order valence-electron chi connectivity index (χ3n) is 20.4. The molecule has 127 heavy (non-hydrogen) atoms. The van der Waals surface area contributed by atoms with Gasteiger partial charge in [0.05, 0.1) is 71.1 Å². The minimum absolute atomic E-state index is 0.0111. The summed E-state index contributed by atoms with van der Waals surface area (Å²) in [5.41, 5.74) is 10.4. The average molecular weight is 1750 g/mol. The Morgan fingerprint density at radius 2 is 0.551 bits per heavy atom. The molecular weight excluding hydrogens is 1680 g/mol. The first kappa shape index (κ1) is 85.1. The molecule has 0 spiro atoms. The van der Waals surface area contributed by atoms with E-state index in [2.05, 4.69) is 55.4 Å². The molecule has 0 fully saturated rings. The van der Waals surface area contributed by atoms with Crippen LogP contribution in [0.1, 0.15) is 61.3 Å². The van der Waals surface area contributed by atoms with Crippen molar-refractivity contribution in [3.05, 3.63) is 463 Å². The molecule has 0 unspecified atom stereocenters. The molecule has 9 aromatic carbocycles. The van der Waals surface area contributed by atoms with Gasteiger partial charge in [0.25, 0.3) is 27.8 Å². The van der Waals surface area contributed by atoms with E-state index < -0.39 is 23.0 Å². The van der Waals surface area contributed by atoms with E-state index in [4.69, 9.17) is 34.8 Å². The minimum atomic E-state index is -0.697. The summed E-state index contributed by atoms with van der Waals surface area (Å²) in [4.78, 5) is 89.1. The van der Waals surface area contributed by atoms with Crippen molar-refractivity contribution in [1.82, 2.24) is 102 Å². The Hall–Kier alpha value is -15.5. The van der Waals surface area contributed by atoms with Crippen LogP contribution in [0.4, 0.5) is 13.2 Å². The molecule has 20 aromatic rings. The molecule has 0 atom stereocenters. The second kappa shape index (κ2) is 39.4. The zero-order chi connectivity index (χ0) is 87.9. The minimum Gasteiger partial charge on any atom is -0.294 e. The number of fused-ring (bicyclic) bond motifs is 5. The lowest BCUT2D eigenvalue weighted by Gasteiger charge is -2.07. The van der Waals surface area contributed by atoms with E-state index in [1.807, 2.05) is 213 Å². The van der Waals surface area contributed by atoms with Crippen LogP contribution in [0.2, 0.25) is 15.1 Å². The van der Waals surface area contributed by atoms with Crippen LogP contribution in [0.3, 0.4) is 0 Å². The number of aromatic nitrogens is 21. The Bertz CT molecular complexity index is 7370. The SMILES string of the molecule is Cc1ccc(Cn2cnc3nn(Cc4ccccc4)cc3c2=O)cc1.O=c1c2cn(Cc3ccccc3)nc2ncn1Cc1c(F)cccc1Cl.O=c1c2cn(Cc3ccccc3)nc2ncn1Cc1c(F)cccc1F.O=c1c2cn(Cc3ccccc3)nc2ncn1Cc1ccccn1.O=c1c2cn(Cc3ccccc3Cl)nc2ncn1Cc1ccccc1Cl. The monoisotopic (exact) mass is 1750 g/mol. The van der Waals surface area contributed by atoms with E-state index in [1.165, 1.54) is 62.8 Å². The van der Waals surface area contributed by atoms with Crippen LogP contribution in [0.25, 0.3) is 55.2 Å². The lowest BCUT2D eigenvalue weighted by atomic mass is 10.1. The highest BCUT2D eigenvalue weighted by molar-refractivity contribution is 6.32. The van der Waals surface area contributed by atoms with Crippen molar-refractivity contribution in [1.29, 1.82) is 0 Å². The summed E-state index contributed by atoms with van der Waals surface area (Å²) in [7, 11) is 0. The first-order chi connectivity index (χ1) is 61.8. The summed E-state index contributed by atoms with van der Waals surface area (Å²) in [6.45, 7) is 5.82. The maximum absolute atomic E-state index is 14.0. The van der Waals surface area contributed by atoms with Crippen LogP contribution in [0, 0.1) is 24.4 Å². The smallest absolute Gasteiger partial charge is 0.264 e. The second-order valence-electron chi connectivity index (χ2n) is 29.5.